The van der Waals surface area contributed by atoms with Gasteiger partial charge in [0.2, 0.25) is 0 Å². The molecule has 0 spiro atoms. The summed E-state index contributed by atoms with van der Waals surface area (Å²) < 4.78 is 0. The van der Waals surface area contributed by atoms with Crippen LogP contribution in [0.1, 0.15) is 25.8 Å². The SMILES string of the molecule is CC(C)C1C=CC(c2cccc3ccccc23)=CC1. The molecule has 1 aliphatic carbocycles. The lowest BCUT2D eigenvalue weighted by Gasteiger charge is -2.20. The van der Waals surface area contributed by atoms with Gasteiger partial charge in [0.15, 0.2) is 0 Å². The topological polar surface area (TPSA) is 0 Å². The molecule has 0 N–H and O–H groups in total. The molecule has 19 heavy (non-hydrogen) atoms. The van der Waals surface area contributed by atoms with Crippen LogP contribution in [-0.2, 0) is 0 Å². The van der Waals surface area contributed by atoms with Crippen molar-refractivity contribution in [3.05, 3.63) is 66.3 Å². The predicted molar refractivity (Wildman–Crippen MR) is 84.0 cm³/mol. The van der Waals surface area contributed by atoms with E-state index in [-0.39, 0.29) is 0 Å². The van der Waals surface area contributed by atoms with Crippen LogP contribution < -0.4 is 0 Å². The van der Waals surface area contributed by atoms with Crippen molar-refractivity contribution in [2.45, 2.75) is 20.3 Å². The lowest BCUT2D eigenvalue weighted by molar-refractivity contribution is 0.468. The van der Waals surface area contributed by atoms with E-state index in [0.717, 1.165) is 12.3 Å². The van der Waals surface area contributed by atoms with Gasteiger partial charge in [-0.3, -0.25) is 0 Å². The summed E-state index contributed by atoms with van der Waals surface area (Å²) in [6.07, 6.45) is 8.23. The molecule has 0 heterocycles. The smallest absolute Gasteiger partial charge is 0.0106 e. The van der Waals surface area contributed by atoms with Crippen molar-refractivity contribution in [1.82, 2.24) is 0 Å². The first-order chi connectivity index (χ1) is 9.25. The highest BCUT2D eigenvalue weighted by Gasteiger charge is 2.13. The van der Waals surface area contributed by atoms with Crippen molar-refractivity contribution < 1.29 is 0 Å². The minimum absolute atomic E-state index is 0.693. The van der Waals surface area contributed by atoms with Gasteiger partial charge in [0.1, 0.15) is 0 Å². The molecule has 2 aromatic carbocycles. The van der Waals surface area contributed by atoms with Crippen molar-refractivity contribution in [3.63, 3.8) is 0 Å². The molecule has 2 aromatic rings. The van der Waals surface area contributed by atoms with E-state index in [2.05, 4.69) is 74.5 Å². The molecular weight excluding hydrogens is 228 g/mol. The summed E-state index contributed by atoms with van der Waals surface area (Å²) in [6, 6.07) is 15.2. The minimum Gasteiger partial charge on any atom is -0.0802 e. The summed E-state index contributed by atoms with van der Waals surface area (Å²) in [4.78, 5) is 0. The molecule has 1 aliphatic rings. The fourth-order valence-electron chi connectivity index (χ4n) is 2.81. The third-order valence-electron chi connectivity index (χ3n) is 4.09. The molecule has 3 rings (SSSR count). The molecular formula is C19H20. The first kappa shape index (κ1) is 12.2. The summed E-state index contributed by atoms with van der Waals surface area (Å²) in [5.74, 6) is 1.42. The Bertz CT molecular complexity index is 639. The Morgan fingerprint density at radius 2 is 1.79 bits per heavy atom. The van der Waals surface area contributed by atoms with E-state index in [4.69, 9.17) is 0 Å². The fourth-order valence-corrected chi connectivity index (χ4v) is 2.81. The summed E-state index contributed by atoms with van der Waals surface area (Å²) in [7, 11) is 0. The maximum Gasteiger partial charge on any atom is -0.0106 e. The molecule has 1 unspecified atom stereocenters. The molecule has 0 saturated heterocycles. The summed E-state index contributed by atoms with van der Waals surface area (Å²) >= 11 is 0. The van der Waals surface area contributed by atoms with Gasteiger partial charge >= 0.3 is 0 Å². The lowest BCUT2D eigenvalue weighted by Crippen LogP contribution is -2.07. The first-order valence-electron chi connectivity index (χ1n) is 7.12. The number of allylic oxidation sites excluding steroid dienone is 4. The van der Waals surface area contributed by atoms with E-state index in [1.54, 1.807) is 0 Å². The zero-order valence-corrected chi connectivity index (χ0v) is 11.6. The molecule has 0 fully saturated rings. The van der Waals surface area contributed by atoms with Gasteiger partial charge in [-0.1, -0.05) is 74.5 Å². The zero-order chi connectivity index (χ0) is 13.2. The van der Waals surface area contributed by atoms with Crippen LogP contribution in [0.5, 0.6) is 0 Å². The van der Waals surface area contributed by atoms with Gasteiger partial charge in [-0.2, -0.15) is 0 Å². The molecule has 0 nitrogen and oxygen atoms in total. The van der Waals surface area contributed by atoms with E-state index in [1.165, 1.54) is 21.9 Å². The average Bonchev–Trinajstić information content (AvgIpc) is 2.47. The van der Waals surface area contributed by atoms with Crippen LogP contribution in [0.15, 0.2) is 60.7 Å². The van der Waals surface area contributed by atoms with Gasteiger partial charge in [-0.05, 0) is 40.2 Å². The van der Waals surface area contributed by atoms with E-state index in [9.17, 15) is 0 Å². The number of benzene rings is 2. The molecule has 0 radical (unpaired) electrons. The first-order valence-corrected chi connectivity index (χ1v) is 7.12. The van der Waals surface area contributed by atoms with Crippen molar-refractivity contribution in [1.29, 1.82) is 0 Å². The largest absolute Gasteiger partial charge is 0.0802 e. The molecule has 0 bridgehead atoms. The second-order valence-electron chi connectivity index (χ2n) is 5.69. The van der Waals surface area contributed by atoms with Gasteiger partial charge in [0.05, 0.1) is 0 Å². The Morgan fingerprint density at radius 1 is 1.00 bits per heavy atom. The zero-order valence-electron chi connectivity index (χ0n) is 11.6. The molecule has 1 atom stereocenters. The van der Waals surface area contributed by atoms with Gasteiger partial charge in [0, 0.05) is 0 Å². The molecule has 0 aliphatic heterocycles. The van der Waals surface area contributed by atoms with Gasteiger partial charge in [-0.25, -0.2) is 0 Å². The van der Waals surface area contributed by atoms with E-state index >= 15 is 0 Å². The van der Waals surface area contributed by atoms with E-state index < -0.39 is 0 Å². The van der Waals surface area contributed by atoms with E-state index in [0.29, 0.717) is 5.92 Å². The quantitative estimate of drug-likeness (QED) is 0.662. The number of hydrogen-bond donors (Lipinski definition) is 0. The third kappa shape index (κ3) is 2.35. The van der Waals surface area contributed by atoms with Gasteiger partial charge in [-0.15, -0.1) is 0 Å². The van der Waals surface area contributed by atoms with Crippen LogP contribution >= 0.6 is 0 Å². The van der Waals surface area contributed by atoms with Gasteiger partial charge in [0.25, 0.3) is 0 Å². The van der Waals surface area contributed by atoms with Crippen LogP contribution in [0, 0.1) is 11.8 Å². The molecule has 0 saturated carbocycles. The van der Waals surface area contributed by atoms with Crippen LogP contribution in [-0.4, -0.2) is 0 Å². The normalized spacial score (nSPS) is 18.9. The van der Waals surface area contributed by atoms with Crippen LogP contribution in [0.4, 0.5) is 0 Å². The van der Waals surface area contributed by atoms with Crippen LogP contribution in [0.2, 0.25) is 0 Å². The number of rotatable bonds is 2. The second kappa shape index (κ2) is 5.05. The lowest BCUT2D eigenvalue weighted by atomic mass is 9.85. The van der Waals surface area contributed by atoms with E-state index in [1.807, 2.05) is 0 Å². The Hall–Kier alpha value is -1.82. The molecule has 0 amide bonds. The Labute approximate surface area is 115 Å². The highest BCUT2D eigenvalue weighted by Crippen LogP contribution is 2.31. The Morgan fingerprint density at radius 3 is 2.53 bits per heavy atom. The van der Waals surface area contributed by atoms with Gasteiger partial charge < -0.3 is 0 Å². The second-order valence-corrected chi connectivity index (χ2v) is 5.69. The highest BCUT2D eigenvalue weighted by atomic mass is 14.2. The monoisotopic (exact) mass is 248 g/mol. The van der Waals surface area contributed by atoms with Crippen molar-refractivity contribution >= 4 is 16.3 Å². The maximum absolute atomic E-state index is 2.40. The van der Waals surface area contributed by atoms with Crippen molar-refractivity contribution in [2.24, 2.45) is 11.8 Å². The van der Waals surface area contributed by atoms with Crippen molar-refractivity contribution in [2.75, 3.05) is 0 Å². The fraction of sp³-hybridized carbons (Fsp3) is 0.263. The highest BCUT2D eigenvalue weighted by molar-refractivity contribution is 5.96. The summed E-state index contributed by atoms with van der Waals surface area (Å²) in [5.41, 5.74) is 2.73. The predicted octanol–water partition coefficient (Wildman–Crippen LogP) is 5.46. The number of hydrogen-bond acceptors (Lipinski definition) is 0. The summed E-state index contributed by atoms with van der Waals surface area (Å²) in [5, 5.41) is 2.67. The van der Waals surface area contributed by atoms with Crippen LogP contribution in [0.3, 0.4) is 0 Å². The average molecular weight is 248 g/mol. The number of fused-ring (bicyclic) bond motifs is 1. The summed E-state index contributed by atoms with van der Waals surface area (Å²) in [6.45, 7) is 4.59. The Balaban J connectivity index is 2.01. The molecule has 96 valence electrons. The maximum atomic E-state index is 2.40. The molecule has 0 aromatic heterocycles. The standard InChI is InChI=1S/C19H20/c1-14(2)15-10-12-17(13-11-15)19-9-5-7-16-6-3-4-8-18(16)19/h3-10,12-15H,11H2,1-2H3. The third-order valence-corrected chi connectivity index (χ3v) is 4.09. The van der Waals surface area contributed by atoms with Crippen LogP contribution in [0.25, 0.3) is 16.3 Å². The van der Waals surface area contributed by atoms with Crippen molar-refractivity contribution in [3.8, 4) is 0 Å². The Kier molecular flexibility index (Phi) is 3.25. The molecule has 0 heteroatoms. The minimum atomic E-state index is 0.693.